The maximum atomic E-state index is 13.4. The van der Waals surface area contributed by atoms with Crippen LogP contribution in [0.25, 0.3) is 0 Å². The normalized spacial score (nSPS) is 12.0. The maximum absolute atomic E-state index is 13.4. The highest BCUT2D eigenvalue weighted by Gasteiger charge is 2.29. The number of ether oxygens (including phenoxy) is 1. The summed E-state index contributed by atoms with van der Waals surface area (Å²) < 4.78 is 31.6. The third kappa shape index (κ3) is 7.71. The summed E-state index contributed by atoms with van der Waals surface area (Å²) in [5.74, 6) is 0.0521. The van der Waals surface area contributed by atoms with Crippen LogP contribution in [-0.4, -0.2) is 57.6 Å². The van der Waals surface area contributed by atoms with Gasteiger partial charge in [0.2, 0.25) is 21.8 Å². The second kappa shape index (κ2) is 13.1. The van der Waals surface area contributed by atoms with Gasteiger partial charge in [-0.15, -0.1) is 0 Å². The monoisotopic (exact) mass is 503 g/mol. The second-order valence-corrected chi connectivity index (χ2v) is 10.3. The molecule has 0 bridgehead atoms. The number of para-hydroxylation sites is 2. The Labute approximate surface area is 209 Å². The lowest BCUT2D eigenvalue weighted by Crippen LogP contribution is -2.49. The summed E-state index contributed by atoms with van der Waals surface area (Å²) >= 11 is 0. The van der Waals surface area contributed by atoms with Crippen LogP contribution in [0.5, 0.6) is 5.75 Å². The van der Waals surface area contributed by atoms with E-state index in [1.54, 1.807) is 29.2 Å². The van der Waals surface area contributed by atoms with E-state index in [9.17, 15) is 18.0 Å². The third-order valence-electron chi connectivity index (χ3n) is 5.84. The number of anilines is 1. The van der Waals surface area contributed by atoms with Crippen LogP contribution in [0, 0.1) is 6.92 Å². The lowest BCUT2D eigenvalue weighted by Gasteiger charge is -2.31. The first kappa shape index (κ1) is 28.2. The van der Waals surface area contributed by atoms with E-state index in [0.29, 0.717) is 37.4 Å². The molecule has 1 atom stereocenters. The molecule has 0 saturated carbocycles. The summed E-state index contributed by atoms with van der Waals surface area (Å²) in [6.07, 6.45) is 2.00. The molecule has 2 rings (SSSR count). The molecule has 0 aromatic heterocycles. The molecule has 0 fully saturated rings. The molecule has 2 amide bonds. The smallest absolute Gasteiger partial charge is 0.242 e. The molecule has 1 N–H and O–H groups in total. The molecule has 0 aliphatic carbocycles. The molecule has 0 aliphatic heterocycles. The van der Waals surface area contributed by atoms with Crippen LogP contribution in [0.3, 0.4) is 0 Å². The largest absolute Gasteiger partial charge is 0.495 e. The first-order chi connectivity index (χ1) is 16.6. The van der Waals surface area contributed by atoms with E-state index in [4.69, 9.17) is 4.74 Å². The van der Waals surface area contributed by atoms with Crippen LogP contribution in [-0.2, 0) is 26.2 Å². The number of amides is 2. The van der Waals surface area contributed by atoms with E-state index >= 15 is 0 Å². The minimum absolute atomic E-state index is 0.100. The fourth-order valence-electron chi connectivity index (χ4n) is 4.00. The molecule has 35 heavy (non-hydrogen) atoms. The van der Waals surface area contributed by atoms with Gasteiger partial charge in [0.05, 0.1) is 19.1 Å². The van der Waals surface area contributed by atoms with Gasteiger partial charge < -0.3 is 15.0 Å². The van der Waals surface area contributed by atoms with Gasteiger partial charge in [-0.2, -0.15) is 0 Å². The number of likely N-dealkylation sites (N-methyl/N-ethyl adjacent to an activating group) is 1. The van der Waals surface area contributed by atoms with Gasteiger partial charge in [-0.3, -0.25) is 13.9 Å². The topological polar surface area (TPSA) is 96.0 Å². The molecule has 2 aromatic carbocycles. The van der Waals surface area contributed by atoms with Crippen molar-refractivity contribution in [2.75, 3.05) is 30.8 Å². The van der Waals surface area contributed by atoms with Crippen LogP contribution >= 0.6 is 0 Å². The highest BCUT2D eigenvalue weighted by molar-refractivity contribution is 7.92. The Hall–Kier alpha value is -3.07. The summed E-state index contributed by atoms with van der Waals surface area (Å²) in [5.41, 5.74) is 2.43. The minimum Gasteiger partial charge on any atom is -0.495 e. The highest BCUT2D eigenvalue weighted by Crippen LogP contribution is 2.29. The third-order valence-corrected chi connectivity index (χ3v) is 7.02. The molecule has 0 heterocycles. The fourth-order valence-corrected chi connectivity index (χ4v) is 4.97. The second-order valence-electron chi connectivity index (χ2n) is 8.38. The van der Waals surface area contributed by atoms with Gasteiger partial charge in [0.15, 0.2) is 0 Å². The number of hydrogen-bond donors (Lipinski definition) is 1. The standard InChI is InChI=1S/C26H37N3O5S/c1-6-22(26(31)27-7-2)28(19-21-14-9-8-13-20(21)3)25(30)17-12-18-29(35(5,32)33)23-15-10-11-16-24(23)34-4/h8-11,13-16,22H,6-7,12,17-19H2,1-5H3,(H,27,31). The zero-order chi connectivity index (χ0) is 26.0. The van der Waals surface area contributed by atoms with Crippen molar-refractivity contribution >= 4 is 27.5 Å². The van der Waals surface area contributed by atoms with Crippen molar-refractivity contribution < 1.29 is 22.7 Å². The SMILES string of the molecule is CCNC(=O)C(CC)N(Cc1ccccc1C)C(=O)CCCN(c1ccccc1OC)S(C)(=O)=O. The molecule has 0 saturated heterocycles. The number of methoxy groups -OCH3 is 1. The van der Waals surface area contributed by atoms with Crippen LogP contribution in [0.1, 0.15) is 44.2 Å². The lowest BCUT2D eigenvalue weighted by molar-refractivity contribution is -0.141. The van der Waals surface area contributed by atoms with E-state index in [2.05, 4.69) is 5.32 Å². The lowest BCUT2D eigenvalue weighted by atomic mass is 10.1. The predicted molar refractivity (Wildman–Crippen MR) is 139 cm³/mol. The molecular formula is C26H37N3O5S. The van der Waals surface area contributed by atoms with Crippen LogP contribution in [0.15, 0.2) is 48.5 Å². The number of nitrogens with one attached hydrogen (secondary N) is 1. The van der Waals surface area contributed by atoms with Crippen LogP contribution < -0.4 is 14.4 Å². The molecule has 1 unspecified atom stereocenters. The number of rotatable bonds is 13. The molecule has 0 spiro atoms. The zero-order valence-corrected chi connectivity index (χ0v) is 22.1. The molecule has 9 heteroatoms. The van der Waals surface area contributed by atoms with Crippen molar-refractivity contribution in [3.8, 4) is 5.75 Å². The fraction of sp³-hybridized carbons (Fsp3) is 0.462. The van der Waals surface area contributed by atoms with Crippen molar-refractivity contribution in [3.63, 3.8) is 0 Å². The number of benzene rings is 2. The number of hydrogen-bond acceptors (Lipinski definition) is 5. The van der Waals surface area contributed by atoms with Crippen molar-refractivity contribution in [3.05, 3.63) is 59.7 Å². The highest BCUT2D eigenvalue weighted by atomic mass is 32.2. The molecule has 8 nitrogen and oxygen atoms in total. The number of carbonyl (C=O) groups excluding carboxylic acids is 2. The van der Waals surface area contributed by atoms with E-state index in [1.165, 1.54) is 11.4 Å². The van der Waals surface area contributed by atoms with Gasteiger partial charge in [0.1, 0.15) is 11.8 Å². The number of aryl methyl sites for hydroxylation is 1. The van der Waals surface area contributed by atoms with Gasteiger partial charge in [-0.05, 0) is 49.9 Å². The first-order valence-electron chi connectivity index (χ1n) is 11.9. The van der Waals surface area contributed by atoms with Gasteiger partial charge in [-0.25, -0.2) is 8.42 Å². The van der Waals surface area contributed by atoms with Crippen molar-refractivity contribution in [1.82, 2.24) is 10.2 Å². The van der Waals surface area contributed by atoms with Gasteiger partial charge >= 0.3 is 0 Å². The van der Waals surface area contributed by atoms with Crippen LogP contribution in [0.2, 0.25) is 0 Å². The summed E-state index contributed by atoms with van der Waals surface area (Å²) in [6.45, 7) is 6.59. The molecule has 2 aromatic rings. The van der Waals surface area contributed by atoms with E-state index in [1.807, 2.05) is 45.0 Å². The maximum Gasteiger partial charge on any atom is 0.242 e. The van der Waals surface area contributed by atoms with Crippen molar-refractivity contribution in [2.24, 2.45) is 0 Å². The minimum atomic E-state index is -3.60. The Morgan fingerprint density at radius 2 is 1.71 bits per heavy atom. The Morgan fingerprint density at radius 3 is 2.31 bits per heavy atom. The Bertz CT molecular complexity index is 1100. The van der Waals surface area contributed by atoms with E-state index < -0.39 is 16.1 Å². The Balaban J connectivity index is 2.24. The number of carbonyl (C=O) groups is 2. The molecular weight excluding hydrogens is 466 g/mol. The van der Waals surface area contributed by atoms with E-state index in [0.717, 1.165) is 17.4 Å². The quantitative estimate of drug-likeness (QED) is 0.451. The van der Waals surface area contributed by atoms with E-state index in [-0.39, 0.29) is 24.8 Å². The zero-order valence-electron chi connectivity index (χ0n) is 21.3. The Morgan fingerprint density at radius 1 is 1.06 bits per heavy atom. The molecule has 192 valence electrons. The number of nitrogens with zero attached hydrogens (tertiary/aromatic N) is 2. The predicted octanol–water partition coefficient (Wildman–Crippen LogP) is 3.49. The molecule has 0 radical (unpaired) electrons. The molecule has 0 aliphatic rings. The summed E-state index contributed by atoms with van der Waals surface area (Å²) in [6, 6.07) is 14.0. The summed E-state index contributed by atoms with van der Waals surface area (Å²) in [4.78, 5) is 27.8. The number of sulfonamides is 1. The Kier molecular flexibility index (Phi) is 10.6. The van der Waals surface area contributed by atoms with Crippen molar-refractivity contribution in [2.45, 2.75) is 52.6 Å². The first-order valence-corrected chi connectivity index (χ1v) is 13.7. The average molecular weight is 504 g/mol. The van der Waals surface area contributed by atoms with Gasteiger partial charge in [-0.1, -0.05) is 43.3 Å². The van der Waals surface area contributed by atoms with Crippen LogP contribution in [0.4, 0.5) is 5.69 Å². The summed E-state index contributed by atoms with van der Waals surface area (Å²) in [5, 5.41) is 2.83. The van der Waals surface area contributed by atoms with Crippen molar-refractivity contribution in [1.29, 1.82) is 0 Å². The van der Waals surface area contributed by atoms with Gasteiger partial charge in [0.25, 0.3) is 0 Å². The average Bonchev–Trinajstić information content (AvgIpc) is 2.82. The van der Waals surface area contributed by atoms with Gasteiger partial charge in [0, 0.05) is 26.1 Å². The summed E-state index contributed by atoms with van der Waals surface area (Å²) in [7, 11) is -2.12.